The molecule has 1 aromatic heterocycles. The number of hydrogen-bond donors (Lipinski definition) is 3. The van der Waals surface area contributed by atoms with Crippen molar-refractivity contribution in [1.29, 1.82) is 0 Å². The molecule has 0 saturated carbocycles. The van der Waals surface area contributed by atoms with Gasteiger partial charge < -0.3 is 25.1 Å². The second kappa shape index (κ2) is 9.50. The molecule has 0 radical (unpaired) electrons. The fourth-order valence-corrected chi connectivity index (χ4v) is 2.63. The number of aromatic amines is 1. The number of aromatic nitrogens is 1. The predicted molar refractivity (Wildman–Crippen MR) is 109 cm³/mol. The number of ether oxygens (including phenoxy) is 2. The smallest absolute Gasteiger partial charge is 0.407 e. The van der Waals surface area contributed by atoms with Crippen LogP contribution in [0, 0.1) is 0 Å². The number of rotatable bonds is 7. The molecule has 2 aromatic rings. The number of carbonyl (C=O) groups is 2. The Morgan fingerprint density at radius 1 is 1.18 bits per heavy atom. The van der Waals surface area contributed by atoms with Gasteiger partial charge in [0.25, 0.3) is 0 Å². The van der Waals surface area contributed by atoms with Gasteiger partial charge in [-0.2, -0.15) is 0 Å². The van der Waals surface area contributed by atoms with Gasteiger partial charge in [0.2, 0.25) is 0 Å². The fourth-order valence-electron chi connectivity index (χ4n) is 2.44. The molecule has 0 unspecified atom stereocenters. The summed E-state index contributed by atoms with van der Waals surface area (Å²) in [6.45, 7) is 8.20. The van der Waals surface area contributed by atoms with Gasteiger partial charge in [0.15, 0.2) is 0 Å². The first-order valence-corrected chi connectivity index (χ1v) is 9.40. The molecule has 0 aliphatic carbocycles. The van der Waals surface area contributed by atoms with Crippen molar-refractivity contribution >= 4 is 29.4 Å². The third-order valence-corrected chi connectivity index (χ3v) is 4.01. The Morgan fingerprint density at radius 3 is 2.61 bits per heavy atom. The van der Waals surface area contributed by atoms with Crippen LogP contribution >= 0.6 is 11.6 Å². The second-order valence-corrected chi connectivity index (χ2v) is 7.53. The van der Waals surface area contributed by atoms with E-state index in [4.69, 9.17) is 21.1 Å². The minimum atomic E-state index is -0.563. The van der Waals surface area contributed by atoms with Crippen molar-refractivity contribution in [1.82, 2.24) is 10.3 Å². The largest absolute Gasteiger partial charge is 0.461 e. The SMILES string of the molecule is CCOC(=O)c1[nH]ccc1NCc1ccc(Cl)c(CNC(=O)OC(C)(C)C)c1. The van der Waals surface area contributed by atoms with Gasteiger partial charge >= 0.3 is 12.1 Å². The van der Waals surface area contributed by atoms with Crippen LogP contribution in [0.15, 0.2) is 30.5 Å². The van der Waals surface area contributed by atoms with E-state index in [2.05, 4.69) is 15.6 Å². The molecule has 0 bridgehead atoms. The van der Waals surface area contributed by atoms with Gasteiger partial charge in [-0.05, 0) is 51.0 Å². The molecule has 1 aromatic carbocycles. The van der Waals surface area contributed by atoms with Crippen LogP contribution in [-0.2, 0) is 22.6 Å². The lowest BCUT2D eigenvalue weighted by molar-refractivity contribution is 0.0512. The monoisotopic (exact) mass is 407 g/mol. The molecule has 8 heteroatoms. The molecule has 0 atom stereocenters. The average Bonchev–Trinajstić information content (AvgIpc) is 3.07. The van der Waals surface area contributed by atoms with E-state index in [0.29, 0.717) is 29.6 Å². The summed E-state index contributed by atoms with van der Waals surface area (Å²) in [5.41, 5.74) is 2.18. The van der Waals surface area contributed by atoms with Gasteiger partial charge in [-0.15, -0.1) is 0 Å². The first-order valence-electron chi connectivity index (χ1n) is 9.02. The van der Waals surface area contributed by atoms with Crippen LogP contribution in [0.4, 0.5) is 10.5 Å². The first-order chi connectivity index (χ1) is 13.2. The number of alkyl carbamates (subject to hydrolysis) is 1. The van der Waals surface area contributed by atoms with Crippen molar-refractivity contribution in [3.63, 3.8) is 0 Å². The van der Waals surface area contributed by atoms with E-state index in [0.717, 1.165) is 11.1 Å². The zero-order chi connectivity index (χ0) is 20.7. The molecular formula is C20H26ClN3O4. The molecule has 1 heterocycles. The Bertz CT molecular complexity index is 827. The molecule has 0 fully saturated rings. The minimum absolute atomic E-state index is 0.250. The molecule has 2 rings (SSSR count). The fraction of sp³-hybridized carbons (Fsp3) is 0.400. The lowest BCUT2D eigenvalue weighted by Gasteiger charge is -2.20. The standard InChI is InChI=1S/C20H26ClN3O4/c1-5-27-18(25)17-16(8-9-22-17)23-11-13-6-7-15(21)14(10-13)12-24-19(26)28-20(2,3)4/h6-10,22-23H,5,11-12H2,1-4H3,(H,24,26). The number of esters is 1. The first kappa shape index (κ1) is 21.6. The van der Waals surface area contributed by atoms with Crippen molar-refractivity contribution in [2.75, 3.05) is 11.9 Å². The summed E-state index contributed by atoms with van der Waals surface area (Å²) in [7, 11) is 0. The minimum Gasteiger partial charge on any atom is -0.461 e. The third kappa shape index (κ3) is 6.49. The molecule has 0 aliphatic heterocycles. The Balaban J connectivity index is 1.99. The number of nitrogens with one attached hydrogen (secondary N) is 3. The average molecular weight is 408 g/mol. The van der Waals surface area contributed by atoms with Gasteiger partial charge in [-0.1, -0.05) is 23.7 Å². The number of halogens is 1. The number of hydrogen-bond acceptors (Lipinski definition) is 5. The maximum atomic E-state index is 11.9. The van der Waals surface area contributed by atoms with Gasteiger partial charge in [-0.25, -0.2) is 9.59 Å². The zero-order valence-corrected chi connectivity index (χ0v) is 17.3. The van der Waals surface area contributed by atoms with Crippen LogP contribution in [0.5, 0.6) is 0 Å². The molecule has 28 heavy (non-hydrogen) atoms. The summed E-state index contributed by atoms with van der Waals surface area (Å²) in [6, 6.07) is 7.31. The molecule has 7 nitrogen and oxygen atoms in total. The highest BCUT2D eigenvalue weighted by atomic mass is 35.5. The third-order valence-electron chi connectivity index (χ3n) is 3.64. The van der Waals surface area contributed by atoms with E-state index in [1.807, 2.05) is 12.1 Å². The Morgan fingerprint density at radius 2 is 1.93 bits per heavy atom. The van der Waals surface area contributed by atoms with Gasteiger partial charge in [0.05, 0.1) is 12.3 Å². The van der Waals surface area contributed by atoms with Crippen molar-refractivity contribution in [2.45, 2.75) is 46.4 Å². The number of anilines is 1. The molecule has 3 N–H and O–H groups in total. The topological polar surface area (TPSA) is 92.5 Å². The van der Waals surface area contributed by atoms with E-state index >= 15 is 0 Å². The zero-order valence-electron chi connectivity index (χ0n) is 16.5. The van der Waals surface area contributed by atoms with Gasteiger partial charge in [-0.3, -0.25) is 0 Å². The van der Waals surface area contributed by atoms with Crippen molar-refractivity contribution in [3.05, 3.63) is 52.3 Å². The normalized spacial score (nSPS) is 11.0. The highest BCUT2D eigenvalue weighted by Crippen LogP contribution is 2.20. The van der Waals surface area contributed by atoms with E-state index in [-0.39, 0.29) is 6.54 Å². The number of H-pyrrole nitrogens is 1. The molecule has 1 amide bonds. The van der Waals surface area contributed by atoms with Gasteiger partial charge in [0.1, 0.15) is 11.3 Å². The number of carbonyl (C=O) groups excluding carboxylic acids is 2. The van der Waals surface area contributed by atoms with Crippen LogP contribution in [-0.4, -0.2) is 29.3 Å². The summed E-state index contributed by atoms with van der Waals surface area (Å²) >= 11 is 6.24. The summed E-state index contributed by atoms with van der Waals surface area (Å²) in [5, 5.41) is 6.45. The van der Waals surface area contributed by atoms with Crippen LogP contribution in [0.2, 0.25) is 5.02 Å². The molecular weight excluding hydrogens is 382 g/mol. The Kier molecular flexibility index (Phi) is 7.34. The lowest BCUT2D eigenvalue weighted by Crippen LogP contribution is -2.32. The molecule has 152 valence electrons. The van der Waals surface area contributed by atoms with Crippen LogP contribution in [0.3, 0.4) is 0 Å². The van der Waals surface area contributed by atoms with E-state index in [1.165, 1.54) is 0 Å². The Hall–Kier alpha value is -2.67. The van der Waals surface area contributed by atoms with Crippen molar-refractivity contribution in [2.24, 2.45) is 0 Å². The van der Waals surface area contributed by atoms with Crippen LogP contribution in [0.25, 0.3) is 0 Å². The summed E-state index contributed by atoms with van der Waals surface area (Å²) in [5.74, 6) is -0.409. The molecule has 0 saturated heterocycles. The van der Waals surface area contributed by atoms with Gasteiger partial charge in [0, 0.05) is 24.3 Å². The van der Waals surface area contributed by atoms with Crippen molar-refractivity contribution in [3.8, 4) is 0 Å². The maximum Gasteiger partial charge on any atom is 0.407 e. The maximum absolute atomic E-state index is 11.9. The lowest BCUT2D eigenvalue weighted by atomic mass is 10.1. The van der Waals surface area contributed by atoms with Crippen LogP contribution in [0.1, 0.15) is 49.3 Å². The molecule has 0 spiro atoms. The summed E-state index contributed by atoms with van der Waals surface area (Å²) in [4.78, 5) is 26.6. The summed E-state index contributed by atoms with van der Waals surface area (Å²) < 4.78 is 10.3. The summed E-state index contributed by atoms with van der Waals surface area (Å²) in [6.07, 6.45) is 1.17. The highest BCUT2D eigenvalue weighted by Gasteiger charge is 2.16. The van der Waals surface area contributed by atoms with Crippen molar-refractivity contribution < 1.29 is 19.1 Å². The van der Waals surface area contributed by atoms with E-state index < -0.39 is 17.7 Å². The predicted octanol–water partition coefficient (Wildman–Crippen LogP) is 4.48. The second-order valence-electron chi connectivity index (χ2n) is 7.12. The highest BCUT2D eigenvalue weighted by molar-refractivity contribution is 6.31. The molecule has 0 aliphatic rings. The number of amides is 1. The number of benzene rings is 1. The van der Waals surface area contributed by atoms with E-state index in [1.54, 1.807) is 46.0 Å². The quantitative estimate of drug-likeness (QED) is 0.588. The van der Waals surface area contributed by atoms with E-state index in [9.17, 15) is 9.59 Å². The Labute approximate surface area is 169 Å². The van der Waals surface area contributed by atoms with Crippen LogP contribution < -0.4 is 10.6 Å².